The van der Waals surface area contributed by atoms with Gasteiger partial charge >= 0.3 is 0 Å². The summed E-state index contributed by atoms with van der Waals surface area (Å²) in [5.41, 5.74) is 5.17. The number of hydrogen-bond donors (Lipinski definition) is 1. The van der Waals surface area contributed by atoms with Crippen molar-refractivity contribution in [1.29, 1.82) is 0 Å². The van der Waals surface area contributed by atoms with Crippen molar-refractivity contribution in [3.8, 4) is 0 Å². The molecule has 1 unspecified atom stereocenters. The first-order valence-electron chi connectivity index (χ1n) is 1.73. The predicted molar refractivity (Wildman–Crippen MR) is 24.2 cm³/mol. The van der Waals surface area contributed by atoms with E-state index in [9.17, 15) is 0 Å². The molecule has 0 aromatic heterocycles. The van der Waals surface area contributed by atoms with E-state index in [0.717, 1.165) is 0 Å². The van der Waals surface area contributed by atoms with Crippen LogP contribution in [0.3, 0.4) is 0 Å². The van der Waals surface area contributed by atoms with Crippen LogP contribution in [-0.2, 0) is 0 Å². The maximum atomic E-state index is 5.17. The fourth-order valence-electron chi connectivity index (χ4n) is 0. The minimum absolute atomic E-state index is 0.162. The van der Waals surface area contributed by atoms with Crippen molar-refractivity contribution in [2.24, 2.45) is 5.73 Å². The summed E-state index contributed by atoms with van der Waals surface area (Å²) in [5, 5.41) is 0. The zero-order valence-electron chi connectivity index (χ0n) is 3.44. The van der Waals surface area contributed by atoms with Gasteiger partial charge in [0.2, 0.25) is 0 Å². The fourth-order valence-corrected chi connectivity index (χ4v) is 0. The zero-order chi connectivity index (χ0) is 4.28. The van der Waals surface area contributed by atoms with Crippen LogP contribution in [0, 0.1) is 0 Å². The molecule has 0 aliphatic heterocycles. The third-order valence-electron chi connectivity index (χ3n) is 0.372. The van der Waals surface area contributed by atoms with Crippen molar-refractivity contribution in [3.05, 3.63) is 0 Å². The molecule has 0 saturated carbocycles. The summed E-state index contributed by atoms with van der Waals surface area (Å²) in [6.45, 7) is 1.88. The highest BCUT2D eigenvalue weighted by molar-refractivity contribution is 6.08. The van der Waals surface area contributed by atoms with Gasteiger partial charge in [0.05, 0.1) is 7.85 Å². The molecule has 0 heterocycles. The average molecular weight is 68.9 g/mol. The highest BCUT2D eigenvalue weighted by atomic mass is 14.6. The third kappa shape index (κ3) is 4.02. The lowest BCUT2D eigenvalue weighted by atomic mass is 10.00. The summed E-state index contributed by atoms with van der Waals surface area (Å²) in [5.74, 6) is 0. The van der Waals surface area contributed by atoms with Crippen LogP contribution in [0.15, 0.2) is 0 Å². The van der Waals surface area contributed by atoms with Gasteiger partial charge in [-0.05, 0) is 6.04 Å². The van der Waals surface area contributed by atoms with E-state index in [-0.39, 0.29) is 6.04 Å². The Labute approximate surface area is 34.0 Å². The van der Waals surface area contributed by atoms with Crippen LogP contribution in [0.1, 0.15) is 6.92 Å². The molecule has 1 atom stereocenters. The molecule has 0 amide bonds. The molecule has 2 radical (unpaired) electrons. The lowest BCUT2D eigenvalue weighted by Gasteiger charge is -1.92. The average Bonchev–Trinajstić information content (AvgIpc) is 1.38. The van der Waals surface area contributed by atoms with Gasteiger partial charge in [-0.1, -0.05) is 13.2 Å². The van der Waals surface area contributed by atoms with Gasteiger partial charge in [0, 0.05) is 0 Å². The highest BCUT2D eigenvalue weighted by Crippen LogP contribution is 1.74. The van der Waals surface area contributed by atoms with Crippen LogP contribution in [0.5, 0.6) is 0 Å². The van der Waals surface area contributed by atoms with Crippen LogP contribution >= 0.6 is 0 Å². The third-order valence-corrected chi connectivity index (χ3v) is 0.372. The molecule has 0 aliphatic rings. The first kappa shape index (κ1) is 5.02. The van der Waals surface area contributed by atoms with Crippen molar-refractivity contribution in [2.75, 3.05) is 0 Å². The normalized spacial score (nSPS) is 14.8. The summed E-state index contributed by atoms with van der Waals surface area (Å²) >= 11 is 0. The van der Waals surface area contributed by atoms with E-state index >= 15 is 0 Å². The Morgan fingerprint density at radius 2 is 2.20 bits per heavy atom. The Morgan fingerprint density at radius 1 is 2.00 bits per heavy atom. The first-order valence-corrected chi connectivity index (χ1v) is 1.73. The fraction of sp³-hybridized carbons (Fsp3) is 1.00. The van der Waals surface area contributed by atoms with Gasteiger partial charge < -0.3 is 5.73 Å². The lowest BCUT2D eigenvalue weighted by Crippen LogP contribution is -2.12. The van der Waals surface area contributed by atoms with Gasteiger partial charge in [-0.15, -0.1) is 0 Å². The van der Waals surface area contributed by atoms with Crippen molar-refractivity contribution < 1.29 is 0 Å². The molecule has 5 heavy (non-hydrogen) atoms. The summed E-state index contributed by atoms with van der Waals surface area (Å²) in [6, 6.07) is 0.162. The lowest BCUT2D eigenvalue weighted by molar-refractivity contribution is 0.832. The smallest absolute Gasteiger partial charge is 0.0673 e. The zero-order valence-corrected chi connectivity index (χ0v) is 3.44. The highest BCUT2D eigenvalue weighted by Gasteiger charge is 1.79. The maximum Gasteiger partial charge on any atom is 0.0673 e. The van der Waals surface area contributed by atoms with Gasteiger partial charge in [-0.25, -0.2) is 0 Å². The Kier molecular flexibility index (Phi) is 2.28. The maximum absolute atomic E-state index is 5.17. The van der Waals surface area contributed by atoms with Gasteiger partial charge in [-0.3, -0.25) is 0 Å². The van der Waals surface area contributed by atoms with E-state index < -0.39 is 0 Å². The minimum Gasteiger partial charge on any atom is -0.329 e. The first-order chi connectivity index (χ1) is 2.27. The Morgan fingerprint density at radius 3 is 2.20 bits per heavy atom. The van der Waals surface area contributed by atoms with Crippen molar-refractivity contribution in [3.63, 3.8) is 0 Å². The van der Waals surface area contributed by atoms with E-state index in [1.54, 1.807) is 0 Å². The molecular weight excluding hydrogens is 60.9 g/mol. The second-order valence-corrected chi connectivity index (χ2v) is 1.21. The van der Waals surface area contributed by atoms with E-state index in [0.29, 0.717) is 6.32 Å². The molecule has 0 saturated heterocycles. The van der Waals surface area contributed by atoms with Crippen LogP contribution in [0.25, 0.3) is 0 Å². The van der Waals surface area contributed by atoms with E-state index in [2.05, 4.69) is 0 Å². The van der Waals surface area contributed by atoms with Gasteiger partial charge in [0.15, 0.2) is 0 Å². The van der Waals surface area contributed by atoms with E-state index in [1.165, 1.54) is 0 Å². The van der Waals surface area contributed by atoms with Crippen LogP contribution in [0.2, 0.25) is 6.32 Å². The van der Waals surface area contributed by atoms with E-state index in [4.69, 9.17) is 13.6 Å². The standard InChI is InChI=1S/C3H8BN/c1-3(5)2-4/h3H,2,5H2,1H3. The molecule has 28 valence electrons. The van der Waals surface area contributed by atoms with Crippen molar-refractivity contribution in [1.82, 2.24) is 0 Å². The molecule has 0 rings (SSSR count). The number of hydrogen-bond acceptors (Lipinski definition) is 1. The molecule has 0 bridgehead atoms. The van der Waals surface area contributed by atoms with E-state index in [1.807, 2.05) is 6.92 Å². The minimum atomic E-state index is 0.162. The summed E-state index contributed by atoms with van der Waals surface area (Å²) < 4.78 is 0. The molecule has 0 aliphatic carbocycles. The van der Waals surface area contributed by atoms with Gasteiger partial charge in [0.25, 0.3) is 0 Å². The molecular formula is C3H8BN. The summed E-state index contributed by atoms with van der Waals surface area (Å²) in [7, 11) is 5.05. The van der Waals surface area contributed by atoms with Crippen LogP contribution in [-0.4, -0.2) is 13.9 Å². The van der Waals surface area contributed by atoms with Crippen molar-refractivity contribution >= 4 is 7.85 Å². The second-order valence-electron chi connectivity index (χ2n) is 1.21. The molecule has 0 fully saturated rings. The number of rotatable bonds is 1. The molecule has 2 N–H and O–H groups in total. The molecule has 2 heteroatoms. The quantitative estimate of drug-likeness (QED) is 0.428. The Bertz CT molecular complexity index is 20.9. The van der Waals surface area contributed by atoms with Crippen LogP contribution < -0.4 is 5.73 Å². The second kappa shape index (κ2) is 2.27. The molecule has 0 aromatic carbocycles. The van der Waals surface area contributed by atoms with Crippen LogP contribution in [0.4, 0.5) is 0 Å². The topological polar surface area (TPSA) is 26.0 Å². The largest absolute Gasteiger partial charge is 0.329 e. The Balaban J connectivity index is 2.54. The Hall–Kier alpha value is 0.0249. The van der Waals surface area contributed by atoms with Gasteiger partial charge in [-0.2, -0.15) is 0 Å². The molecule has 0 spiro atoms. The van der Waals surface area contributed by atoms with Crippen molar-refractivity contribution in [2.45, 2.75) is 19.3 Å². The molecule has 0 aromatic rings. The molecule has 1 nitrogen and oxygen atoms in total. The predicted octanol–water partition coefficient (Wildman–Crippen LogP) is -0.0796. The summed E-state index contributed by atoms with van der Waals surface area (Å²) in [4.78, 5) is 0. The summed E-state index contributed by atoms with van der Waals surface area (Å²) in [6.07, 6.45) is 0.583. The SMILES string of the molecule is [B]CC(C)N. The number of nitrogens with two attached hydrogens (primary N) is 1. The van der Waals surface area contributed by atoms with Gasteiger partial charge in [0.1, 0.15) is 0 Å². The monoisotopic (exact) mass is 69.1 g/mol.